The Hall–Kier alpha value is -1.13. The fourth-order valence-corrected chi connectivity index (χ4v) is 1.10. The van der Waals surface area contributed by atoms with Crippen molar-refractivity contribution in [3.8, 4) is 0 Å². The first-order valence-corrected chi connectivity index (χ1v) is 4.56. The fraction of sp³-hybridized carbons (Fsp3) is 0.333. The minimum Gasteiger partial charge on any atom is -0.392 e. The predicted molar refractivity (Wildman–Crippen MR) is 53.3 cm³/mol. The van der Waals surface area contributed by atoms with Crippen molar-refractivity contribution < 1.29 is 9.90 Å². The second kappa shape index (κ2) is 4.93. The number of aromatic nitrogens is 1. The molecule has 0 radical (unpaired) electrons. The Labute approximate surface area is 86.9 Å². The standard InChI is InChI=1S/C9H11ClN2O2/c1-6(13)5-12-9(14)7-3-2-4-11-8(7)10/h2-4,6,13H,5H2,1H3,(H,12,14). The van der Waals surface area contributed by atoms with Gasteiger partial charge in [-0.05, 0) is 19.1 Å². The fourth-order valence-electron chi connectivity index (χ4n) is 0.891. The lowest BCUT2D eigenvalue weighted by Gasteiger charge is -2.07. The molecule has 0 bridgehead atoms. The molecule has 0 aromatic carbocycles. The molecule has 1 aromatic rings. The van der Waals surface area contributed by atoms with Crippen LogP contribution < -0.4 is 5.32 Å². The highest BCUT2D eigenvalue weighted by Crippen LogP contribution is 2.10. The van der Waals surface area contributed by atoms with Crippen molar-refractivity contribution in [1.82, 2.24) is 10.3 Å². The summed E-state index contributed by atoms with van der Waals surface area (Å²) in [6, 6.07) is 3.20. The summed E-state index contributed by atoms with van der Waals surface area (Å²) in [7, 11) is 0. The average molecular weight is 215 g/mol. The van der Waals surface area contributed by atoms with Gasteiger partial charge in [-0.25, -0.2) is 4.98 Å². The van der Waals surface area contributed by atoms with Gasteiger partial charge >= 0.3 is 0 Å². The van der Waals surface area contributed by atoms with Crippen LogP contribution in [0, 0.1) is 0 Å². The summed E-state index contributed by atoms with van der Waals surface area (Å²) in [6.07, 6.45) is 0.933. The van der Waals surface area contributed by atoms with Gasteiger partial charge < -0.3 is 10.4 Å². The van der Waals surface area contributed by atoms with Crippen LogP contribution in [0.3, 0.4) is 0 Å². The van der Waals surface area contributed by atoms with Crippen molar-refractivity contribution in [2.45, 2.75) is 13.0 Å². The number of carbonyl (C=O) groups is 1. The number of carbonyl (C=O) groups excluding carboxylic acids is 1. The minimum atomic E-state index is -0.575. The molecule has 5 heteroatoms. The van der Waals surface area contributed by atoms with Gasteiger partial charge in [0.2, 0.25) is 0 Å². The van der Waals surface area contributed by atoms with Gasteiger partial charge in [0, 0.05) is 12.7 Å². The highest BCUT2D eigenvalue weighted by atomic mass is 35.5. The molecule has 0 fully saturated rings. The number of aliphatic hydroxyl groups is 1. The van der Waals surface area contributed by atoms with E-state index in [-0.39, 0.29) is 17.6 Å². The topological polar surface area (TPSA) is 62.2 Å². The van der Waals surface area contributed by atoms with E-state index >= 15 is 0 Å². The predicted octanol–water partition coefficient (Wildman–Crippen LogP) is 0.846. The van der Waals surface area contributed by atoms with Crippen molar-refractivity contribution in [3.05, 3.63) is 29.0 Å². The molecular formula is C9H11ClN2O2. The van der Waals surface area contributed by atoms with Crippen molar-refractivity contribution in [3.63, 3.8) is 0 Å². The van der Waals surface area contributed by atoms with E-state index in [1.54, 1.807) is 19.1 Å². The van der Waals surface area contributed by atoms with Crippen molar-refractivity contribution >= 4 is 17.5 Å². The Morgan fingerprint density at radius 1 is 1.79 bits per heavy atom. The highest BCUT2D eigenvalue weighted by molar-refractivity contribution is 6.32. The first kappa shape index (κ1) is 10.9. The molecule has 0 saturated heterocycles. The maximum absolute atomic E-state index is 11.4. The van der Waals surface area contributed by atoms with E-state index in [4.69, 9.17) is 16.7 Å². The summed E-state index contributed by atoms with van der Waals surface area (Å²) < 4.78 is 0. The smallest absolute Gasteiger partial charge is 0.254 e. The number of nitrogens with one attached hydrogen (secondary N) is 1. The lowest BCUT2D eigenvalue weighted by molar-refractivity contribution is 0.0924. The number of nitrogens with zero attached hydrogens (tertiary/aromatic N) is 1. The molecule has 0 spiro atoms. The first-order chi connectivity index (χ1) is 6.61. The Morgan fingerprint density at radius 3 is 3.07 bits per heavy atom. The molecule has 0 saturated carbocycles. The number of pyridine rings is 1. The Bertz CT molecular complexity index is 328. The van der Waals surface area contributed by atoms with E-state index in [2.05, 4.69) is 10.3 Å². The quantitative estimate of drug-likeness (QED) is 0.734. The van der Waals surface area contributed by atoms with Crippen LogP contribution in [-0.2, 0) is 0 Å². The molecule has 2 N–H and O–H groups in total. The summed E-state index contributed by atoms with van der Waals surface area (Å²) in [5, 5.41) is 11.6. The van der Waals surface area contributed by atoms with Gasteiger partial charge in [0.25, 0.3) is 5.91 Å². The maximum Gasteiger partial charge on any atom is 0.254 e. The third-order valence-electron chi connectivity index (χ3n) is 1.56. The zero-order valence-electron chi connectivity index (χ0n) is 7.70. The summed E-state index contributed by atoms with van der Waals surface area (Å²) in [5.74, 6) is -0.330. The second-order valence-electron chi connectivity index (χ2n) is 2.90. The number of aliphatic hydroxyl groups excluding tert-OH is 1. The summed E-state index contributed by atoms with van der Waals surface area (Å²) in [6.45, 7) is 1.79. The molecule has 14 heavy (non-hydrogen) atoms. The van der Waals surface area contributed by atoms with E-state index in [0.717, 1.165) is 0 Å². The molecule has 4 nitrogen and oxygen atoms in total. The van der Waals surface area contributed by atoms with Gasteiger partial charge in [0.05, 0.1) is 11.7 Å². The maximum atomic E-state index is 11.4. The SMILES string of the molecule is CC(O)CNC(=O)c1cccnc1Cl. The molecule has 1 amide bonds. The van der Waals surface area contributed by atoms with Crippen LogP contribution in [0.5, 0.6) is 0 Å². The molecule has 76 valence electrons. The molecular weight excluding hydrogens is 204 g/mol. The summed E-state index contributed by atoms with van der Waals surface area (Å²) in [5.41, 5.74) is 0.315. The first-order valence-electron chi connectivity index (χ1n) is 4.18. The normalized spacial score (nSPS) is 12.2. The van der Waals surface area contributed by atoms with Crippen LogP contribution in [0.4, 0.5) is 0 Å². The monoisotopic (exact) mass is 214 g/mol. The van der Waals surface area contributed by atoms with Gasteiger partial charge in [-0.1, -0.05) is 11.6 Å². The second-order valence-corrected chi connectivity index (χ2v) is 3.26. The third-order valence-corrected chi connectivity index (χ3v) is 1.86. The third kappa shape index (κ3) is 2.97. The molecule has 0 aliphatic rings. The van der Waals surface area contributed by atoms with E-state index in [9.17, 15) is 4.79 Å². The van der Waals surface area contributed by atoms with Gasteiger partial charge in [0.15, 0.2) is 0 Å². The van der Waals surface area contributed by atoms with Crippen LogP contribution in [0.15, 0.2) is 18.3 Å². The average Bonchev–Trinajstić information content (AvgIpc) is 2.15. The molecule has 1 atom stereocenters. The van der Waals surface area contributed by atoms with E-state index in [1.165, 1.54) is 6.20 Å². The van der Waals surface area contributed by atoms with E-state index < -0.39 is 6.10 Å². The van der Waals surface area contributed by atoms with Crippen LogP contribution in [-0.4, -0.2) is 28.6 Å². The molecule has 1 aromatic heterocycles. The molecule has 1 rings (SSSR count). The molecule has 1 heterocycles. The highest BCUT2D eigenvalue weighted by Gasteiger charge is 2.10. The lowest BCUT2D eigenvalue weighted by Crippen LogP contribution is -2.30. The minimum absolute atomic E-state index is 0.163. The van der Waals surface area contributed by atoms with Crippen LogP contribution in [0.1, 0.15) is 17.3 Å². The Kier molecular flexibility index (Phi) is 3.85. The zero-order valence-corrected chi connectivity index (χ0v) is 8.45. The van der Waals surface area contributed by atoms with Crippen LogP contribution >= 0.6 is 11.6 Å². The van der Waals surface area contributed by atoms with Gasteiger partial charge in [-0.15, -0.1) is 0 Å². The van der Waals surface area contributed by atoms with Crippen LogP contribution in [0.2, 0.25) is 5.15 Å². The van der Waals surface area contributed by atoms with Gasteiger partial charge in [-0.3, -0.25) is 4.79 Å². The van der Waals surface area contributed by atoms with Crippen molar-refractivity contribution in [2.75, 3.05) is 6.54 Å². The molecule has 1 unspecified atom stereocenters. The molecule has 0 aliphatic carbocycles. The zero-order chi connectivity index (χ0) is 10.6. The Morgan fingerprint density at radius 2 is 2.50 bits per heavy atom. The number of rotatable bonds is 3. The number of halogens is 1. The van der Waals surface area contributed by atoms with Crippen LogP contribution in [0.25, 0.3) is 0 Å². The number of amides is 1. The largest absolute Gasteiger partial charge is 0.392 e. The number of hydrogen-bond acceptors (Lipinski definition) is 3. The number of hydrogen-bond donors (Lipinski definition) is 2. The van der Waals surface area contributed by atoms with Crippen molar-refractivity contribution in [2.24, 2.45) is 0 Å². The van der Waals surface area contributed by atoms with Crippen molar-refractivity contribution in [1.29, 1.82) is 0 Å². The molecule has 0 aliphatic heterocycles. The van der Waals surface area contributed by atoms with E-state index in [0.29, 0.717) is 5.56 Å². The Balaban J connectivity index is 2.65. The summed E-state index contributed by atoms with van der Waals surface area (Å²) >= 11 is 5.70. The van der Waals surface area contributed by atoms with E-state index in [1.807, 2.05) is 0 Å². The lowest BCUT2D eigenvalue weighted by atomic mass is 10.2. The van der Waals surface area contributed by atoms with Gasteiger partial charge in [0.1, 0.15) is 5.15 Å². The van der Waals surface area contributed by atoms with Gasteiger partial charge in [-0.2, -0.15) is 0 Å². The summed E-state index contributed by atoms with van der Waals surface area (Å²) in [4.78, 5) is 15.2.